The topological polar surface area (TPSA) is 26.3 Å². The Morgan fingerprint density at radius 1 is 1.15 bits per heavy atom. The van der Waals surface area contributed by atoms with Crippen molar-refractivity contribution in [1.29, 1.82) is 0 Å². The molecule has 20 heavy (non-hydrogen) atoms. The summed E-state index contributed by atoms with van der Waals surface area (Å²) in [6.07, 6.45) is 4.00. The fourth-order valence-corrected chi connectivity index (χ4v) is 2.97. The lowest BCUT2D eigenvalue weighted by Gasteiger charge is -2.28. The maximum absolute atomic E-state index is 13.2. The third-order valence-corrected chi connectivity index (χ3v) is 3.96. The number of halogens is 2. The summed E-state index contributed by atoms with van der Waals surface area (Å²) >= 11 is 0. The lowest BCUT2D eigenvalue weighted by Crippen LogP contribution is -2.18. The summed E-state index contributed by atoms with van der Waals surface area (Å²) in [5, 5.41) is 0. The van der Waals surface area contributed by atoms with Crippen LogP contribution in [0.4, 0.5) is 8.78 Å². The van der Waals surface area contributed by atoms with Crippen LogP contribution in [0.25, 0.3) is 0 Å². The maximum Gasteiger partial charge on any atom is 0.306 e. The van der Waals surface area contributed by atoms with Crippen molar-refractivity contribution in [3.63, 3.8) is 0 Å². The molecule has 0 aromatic heterocycles. The normalized spacial score (nSPS) is 22.6. The van der Waals surface area contributed by atoms with Gasteiger partial charge in [-0.1, -0.05) is 0 Å². The molecule has 0 heterocycles. The molecule has 1 aliphatic rings. The summed E-state index contributed by atoms with van der Waals surface area (Å²) in [6, 6.07) is 3.73. The molecule has 1 aromatic carbocycles. The summed E-state index contributed by atoms with van der Waals surface area (Å²) in [5.41, 5.74) is 0.733. The van der Waals surface area contributed by atoms with Crippen LogP contribution >= 0.6 is 0 Å². The van der Waals surface area contributed by atoms with E-state index in [1.165, 1.54) is 12.1 Å². The van der Waals surface area contributed by atoms with Crippen molar-refractivity contribution in [1.82, 2.24) is 0 Å². The highest BCUT2D eigenvalue weighted by Crippen LogP contribution is 2.37. The van der Waals surface area contributed by atoms with Gasteiger partial charge in [-0.05, 0) is 62.1 Å². The van der Waals surface area contributed by atoms with E-state index in [9.17, 15) is 13.6 Å². The highest BCUT2D eigenvalue weighted by molar-refractivity contribution is 5.69. The molecule has 4 heteroatoms. The molecule has 0 bridgehead atoms. The van der Waals surface area contributed by atoms with Gasteiger partial charge in [-0.25, -0.2) is 8.78 Å². The van der Waals surface area contributed by atoms with Crippen molar-refractivity contribution >= 4 is 5.97 Å². The Morgan fingerprint density at radius 2 is 1.75 bits per heavy atom. The quantitative estimate of drug-likeness (QED) is 0.774. The van der Waals surface area contributed by atoms with E-state index in [4.69, 9.17) is 4.74 Å². The molecular formula is C16H20F2O2. The molecule has 1 saturated carbocycles. The summed E-state index contributed by atoms with van der Waals surface area (Å²) in [5.74, 6) is -0.655. The van der Waals surface area contributed by atoms with Crippen molar-refractivity contribution in [3.8, 4) is 0 Å². The average molecular weight is 282 g/mol. The standard InChI is InChI=1S/C16H20F2O2/c1-2-20-16(19)7-11-3-5-12(6-4-11)13-8-14(17)10-15(18)9-13/h8-12H,2-7H2,1H3. The van der Waals surface area contributed by atoms with E-state index >= 15 is 0 Å². The van der Waals surface area contributed by atoms with Gasteiger partial charge >= 0.3 is 5.97 Å². The first-order valence-corrected chi connectivity index (χ1v) is 7.20. The summed E-state index contributed by atoms with van der Waals surface area (Å²) < 4.78 is 31.4. The van der Waals surface area contributed by atoms with Crippen LogP contribution in [0.3, 0.4) is 0 Å². The van der Waals surface area contributed by atoms with E-state index in [1.807, 2.05) is 0 Å². The van der Waals surface area contributed by atoms with Gasteiger partial charge in [0.05, 0.1) is 6.61 Å². The maximum atomic E-state index is 13.2. The van der Waals surface area contributed by atoms with Crippen LogP contribution in [0.5, 0.6) is 0 Å². The highest BCUT2D eigenvalue weighted by atomic mass is 19.1. The predicted molar refractivity (Wildman–Crippen MR) is 72.3 cm³/mol. The second-order valence-corrected chi connectivity index (χ2v) is 5.43. The van der Waals surface area contributed by atoms with Gasteiger partial charge in [0.25, 0.3) is 0 Å². The van der Waals surface area contributed by atoms with Crippen LogP contribution in [0.1, 0.15) is 50.5 Å². The number of rotatable bonds is 4. The molecule has 2 rings (SSSR count). The lowest BCUT2D eigenvalue weighted by atomic mass is 9.77. The molecule has 1 fully saturated rings. The molecule has 2 nitrogen and oxygen atoms in total. The Balaban J connectivity index is 1.89. The minimum Gasteiger partial charge on any atom is -0.466 e. The first-order chi connectivity index (χ1) is 9.58. The fraction of sp³-hybridized carbons (Fsp3) is 0.562. The Bertz CT molecular complexity index is 445. The van der Waals surface area contributed by atoms with Crippen molar-refractivity contribution in [3.05, 3.63) is 35.4 Å². The molecule has 0 amide bonds. The highest BCUT2D eigenvalue weighted by Gasteiger charge is 2.25. The zero-order chi connectivity index (χ0) is 14.5. The number of hydrogen-bond acceptors (Lipinski definition) is 2. The van der Waals surface area contributed by atoms with Crippen molar-refractivity contribution in [2.24, 2.45) is 5.92 Å². The third kappa shape index (κ3) is 4.02. The van der Waals surface area contributed by atoms with Crippen LogP contribution in [0.15, 0.2) is 18.2 Å². The van der Waals surface area contributed by atoms with Gasteiger partial charge < -0.3 is 4.74 Å². The zero-order valence-electron chi connectivity index (χ0n) is 11.7. The molecule has 1 aromatic rings. The van der Waals surface area contributed by atoms with E-state index in [0.29, 0.717) is 18.9 Å². The van der Waals surface area contributed by atoms with Gasteiger partial charge in [0.15, 0.2) is 0 Å². The number of benzene rings is 1. The Morgan fingerprint density at radius 3 is 2.30 bits per heavy atom. The Labute approximate surface area is 118 Å². The first kappa shape index (κ1) is 14.9. The molecule has 0 unspecified atom stereocenters. The number of ether oxygens (including phenoxy) is 1. The van der Waals surface area contributed by atoms with Crippen LogP contribution in [-0.2, 0) is 9.53 Å². The lowest BCUT2D eigenvalue weighted by molar-refractivity contribution is -0.144. The van der Waals surface area contributed by atoms with E-state index in [0.717, 1.165) is 37.3 Å². The average Bonchev–Trinajstić information content (AvgIpc) is 2.38. The number of carbonyl (C=O) groups excluding carboxylic acids is 1. The van der Waals surface area contributed by atoms with Crippen molar-refractivity contribution < 1.29 is 18.3 Å². The second kappa shape index (κ2) is 6.82. The van der Waals surface area contributed by atoms with Gasteiger partial charge in [-0.2, -0.15) is 0 Å². The third-order valence-electron chi connectivity index (χ3n) is 3.96. The number of esters is 1. The van der Waals surface area contributed by atoms with E-state index < -0.39 is 11.6 Å². The first-order valence-electron chi connectivity index (χ1n) is 7.20. The number of carbonyl (C=O) groups is 1. The molecule has 0 radical (unpaired) electrons. The van der Waals surface area contributed by atoms with Crippen LogP contribution < -0.4 is 0 Å². The van der Waals surface area contributed by atoms with Crippen molar-refractivity contribution in [2.75, 3.05) is 6.61 Å². The second-order valence-electron chi connectivity index (χ2n) is 5.43. The van der Waals surface area contributed by atoms with E-state index in [-0.39, 0.29) is 11.9 Å². The summed E-state index contributed by atoms with van der Waals surface area (Å²) in [7, 11) is 0. The van der Waals surface area contributed by atoms with Crippen LogP contribution in [0, 0.1) is 17.6 Å². The molecule has 0 spiro atoms. The molecule has 0 aliphatic heterocycles. The van der Waals surface area contributed by atoms with Gasteiger partial charge in [0.1, 0.15) is 11.6 Å². The van der Waals surface area contributed by atoms with Gasteiger partial charge in [-0.3, -0.25) is 4.79 Å². The molecular weight excluding hydrogens is 262 g/mol. The minimum absolute atomic E-state index is 0.146. The van der Waals surface area contributed by atoms with E-state index in [2.05, 4.69) is 0 Å². The molecule has 0 atom stereocenters. The smallest absolute Gasteiger partial charge is 0.306 e. The molecule has 1 aliphatic carbocycles. The van der Waals surface area contributed by atoms with Crippen molar-refractivity contribution in [2.45, 2.75) is 44.9 Å². The van der Waals surface area contributed by atoms with Gasteiger partial charge in [-0.15, -0.1) is 0 Å². The van der Waals surface area contributed by atoms with Crippen LogP contribution in [0.2, 0.25) is 0 Å². The Kier molecular flexibility index (Phi) is 5.10. The molecule has 0 N–H and O–H groups in total. The predicted octanol–water partition coefficient (Wildman–Crippen LogP) is 4.19. The van der Waals surface area contributed by atoms with Gasteiger partial charge in [0, 0.05) is 12.5 Å². The van der Waals surface area contributed by atoms with Crippen LogP contribution in [-0.4, -0.2) is 12.6 Å². The summed E-state index contributed by atoms with van der Waals surface area (Å²) in [4.78, 5) is 11.4. The molecule has 0 saturated heterocycles. The van der Waals surface area contributed by atoms with E-state index in [1.54, 1.807) is 6.92 Å². The largest absolute Gasteiger partial charge is 0.466 e. The number of hydrogen-bond donors (Lipinski definition) is 0. The van der Waals surface area contributed by atoms with Gasteiger partial charge in [0.2, 0.25) is 0 Å². The Hall–Kier alpha value is -1.45. The fourth-order valence-electron chi connectivity index (χ4n) is 2.97. The monoisotopic (exact) mass is 282 g/mol. The molecule has 110 valence electrons. The zero-order valence-corrected chi connectivity index (χ0v) is 11.7. The summed E-state index contributed by atoms with van der Waals surface area (Å²) in [6.45, 7) is 2.21. The minimum atomic E-state index is -0.520. The SMILES string of the molecule is CCOC(=O)CC1CCC(c2cc(F)cc(F)c2)CC1.